The predicted octanol–water partition coefficient (Wildman–Crippen LogP) is 1.24. The highest BCUT2D eigenvalue weighted by molar-refractivity contribution is 5.76. The first-order valence-corrected chi connectivity index (χ1v) is 9.36. The summed E-state index contributed by atoms with van der Waals surface area (Å²) in [5.74, 6) is 1.76. The van der Waals surface area contributed by atoms with Gasteiger partial charge in [-0.1, -0.05) is 6.07 Å². The summed E-state index contributed by atoms with van der Waals surface area (Å²) in [6.07, 6.45) is 0.590. The van der Waals surface area contributed by atoms with Gasteiger partial charge < -0.3 is 24.4 Å². The molecule has 0 unspecified atom stereocenters. The van der Waals surface area contributed by atoms with Crippen molar-refractivity contribution in [3.8, 4) is 11.5 Å². The molecule has 0 bridgehead atoms. The minimum Gasteiger partial charge on any atom is -0.486 e. The summed E-state index contributed by atoms with van der Waals surface area (Å²) in [6.45, 7) is 5.63. The molecule has 1 N–H and O–H groups in total. The first-order valence-electron chi connectivity index (χ1n) is 9.36. The standard InChI is InChI=1S/C19H27N3O5/c1-25-19(24)20-6-2-3-18(23)22-9-7-21(8-10-22)14-15-4-5-16-17(13-15)27-12-11-26-16/h4-5,13H,2-3,6-12,14H2,1H3,(H,20,24). The van der Waals surface area contributed by atoms with Crippen molar-refractivity contribution in [3.05, 3.63) is 23.8 Å². The van der Waals surface area contributed by atoms with E-state index in [1.165, 1.54) is 12.7 Å². The third kappa shape index (κ3) is 5.50. The Kier molecular flexibility index (Phi) is 6.75. The van der Waals surface area contributed by atoms with E-state index >= 15 is 0 Å². The van der Waals surface area contributed by atoms with Crippen LogP contribution in [-0.2, 0) is 16.1 Å². The Morgan fingerprint density at radius 1 is 1.11 bits per heavy atom. The Hall–Kier alpha value is -2.48. The molecule has 148 valence electrons. The summed E-state index contributed by atoms with van der Waals surface area (Å²) in [4.78, 5) is 27.5. The lowest BCUT2D eigenvalue weighted by atomic mass is 10.1. The fourth-order valence-electron chi connectivity index (χ4n) is 3.26. The van der Waals surface area contributed by atoms with Gasteiger partial charge in [0.25, 0.3) is 0 Å². The fraction of sp³-hybridized carbons (Fsp3) is 0.579. The van der Waals surface area contributed by atoms with E-state index in [0.29, 0.717) is 32.6 Å². The molecule has 0 radical (unpaired) electrons. The summed E-state index contributed by atoms with van der Waals surface area (Å²) in [5, 5.41) is 2.59. The highest BCUT2D eigenvalue weighted by Crippen LogP contribution is 2.31. The Morgan fingerprint density at radius 2 is 1.85 bits per heavy atom. The molecule has 0 saturated carbocycles. The molecule has 0 atom stereocenters. The van der Waals surface area contributed by atoms with E-state index in [1.54, 1.807) is 0 Å². The van der Waals surface area contributed by atoms with E-state index in [2.05, 4.69) is 21.0 Å². The molecule has 2 aliphatic rings. The topological polar surface area (TPSA) is 80.3 Å². The first-order chi connectivity index (χ1) is 13.2. The van der Waals surface area contributed by atoms with Gasteiger partial charge in [-0.05, 0) is 24.1 Å². The van der Waals surface area contributed by atoms with Crippen LogP contribution in [0.1, 0.15) is 18.4 Å². The van der Waals surface area contributed by atoms with Crippen molar-refractivity contribution in [1.29, 1.82) is 0 Å². The van der Waals surface area contributed by atoms with Crippen molar-refractivity contribution >= 4 is 12.0 Å². The van der Waals surface area contributed by atoms with Gasteiger partial charge in [0.2, 0.25) is 5.91 Å². The van der Waals surface area contributed by atoms with Crippen molar-refractivity contribution in [1.82, 2.24) is 15.1 Å². The van der Waals surface area contributed by atoms with Crippen molar-refractivity contribution in [3.63, 3.8) is 0 Å². The van der Waals surface area contributed by atoms with Crippen LogP contribution in [0.3, 0.4) is 0 Å². The fourth-order valence-corrected chi connectivity index (χ4v) is 3.26. The number of hydrogen-bond donors (Lipinski definition) is 1. The minimum absolute atomic E-state index is 0.139. The number of fused-ring (bicyclic) bond motifs is 1. The molecule has 0 aliphatic carbocycles. The quantitative estimate of drug-likeness (QED) is 0.752. The van der Waals surface area contributed by atoms with Crippen LogP contribution < -0.4 is 14.8 Å². The highest BCUT2D eigenvalue weighted by atomic mass is 16.6. The third-order valence-electron chi connectivity index (χ3n) is 4.76. The summed E-state index contributed by atoms with van der Waals surface area (Å²) in [5.41, 5.74) is 1.19. The smallest absolute Gasteiger partial charge is 0.406 e. The lowest BCUT2D eigenvalue weighted by molar-refractivity contribution is -0.133. The summed E-state index contributed by atoms with van der Waals surface area (Å²) < 4.78 is 15.7. The molecular formula is C19H27N3O5. The van der Waals surface area contributed by atoms with Gasteiger partial charge in [0.1, 0.15) is 13.2 Å². The molecule has 2 amide bonds. The van der Waals surface area contributed by atoms with Crippen LogP contribution in [0.25, 0.3) is 0 Å². The number of piperazine rings is 1. The number of nitrogens with one attached hydrogen (secondary N) is 1. The zero-order chi connectivity index (χ0) is 19.1. The second-order valence-electron chi connectivity index (χ2n) is 6.66. The SMILES string of the molecule is COC(=O)NCCCC(=O)N1CCN(Cc2ccc3c(c2)OCCO3)CC1. The molecule has 8 heteroatoms. The molecule has 1 saturated heterocycles. The molecular weight excluding hydrogens is 350 g/mol. The monoisotopic (exact) mass is 377 g/mol. The molecule has 27 heavy (non-hydrogen) atoms. The van der Waals surface area contributed by atoms with Crippen LogP contribution in [-0.4, -0.2) is 74.8 Å². The number of carbonyl (C=O) groups is 2. The van der Waals surface area contributed by atoms with Gasteiger partial charge in [-0.25, -0.2) is 4.79 Å². The molecule has 3 rings (SSSR count). The maximum absolute atomic E-state index is 12.3. The average molecular weight is 377 g/mol. The number of nitrogens with zero attached hydrogens (tertiary/aromatic N) is 2. The second-order valence-corrected chi connectivity index (χ2v) is 6.66. The molecule has 0 spiro atoms. The van der Waals surface area contributed by atoms with E-state index in [4.69, 9.17) is 9.47 Å². The van der Waals surface area contributed by atoms with Crippen molar-refractivity contribution in [2.75, 3.05) is 53.0 Å². The van der Waals surface area contributed by atoms with Crippen LogP contribution in [0.2, 0.25) is 0 Å². The molecule has 0 aromatic heterocycles. The van der Waals surface area contributed by atoms with Crippen LogP contribution in [0.5, 0.6) is 11.5 Å². The highest BCUT2D eigenvalue weighted by Gasteiger charge is 2.21. The summed E-state index contributed by atoms with van der Waals surface area (Å²) in [7, 11) is 1.32. The molecule has 1 fully saturated rings. The van der Waals surface area contributed by atoms with Crippen molar-refractivity contribution < 1.29 is 23.8 Å². The lowest BCUT2D eigenvalue weighted by Gasteiger charge is -2.35. The number of amides is 2. The Morgan fingerprint density at radius 3 is 2.59 bits per heavy atom. The molecule has 1 aromatic carbocycles. The number of hydrogen-bond acceptors (Lipinski definition) is 6. The van der Waals surface area contributed by atoms with Gasteiger partial charge in [0.15, 0.2) is 11.5 Å². The van der Waals surface area contributed by atoms with Crippen LogP contribution >= 0.6 is 0 Å². The zero-order valence-corrected chi connectivity index (χ0v) is 15.7. The molecule has 1 aromatic rings. The van der Waals surface area contributed by atoms with Gasteiger partial charge >= 0.3 is 6.09 Å². The largest absolute Gasteiger partial charge is 0.486 e. The molecule has 2 aliphatic heterocycles. The number of alkyl carbamates (subject to hydrolysis) is 1. The van der Waals surface area contributed by atoms with E-state index in [0.717, 1.165) is 44.2 Å². The Balaban J connectivity index is 1.38. The van der Waals surface area contributed by atoms with Crippen LogP contribution in [0.15, 0.2) is 18.2 Å². The zero-order valence-electron chi connectivity index (χ0n) is 15.7. The number of ether oxygens (including phenoxy) is 3. The Labute approximate surface area is 159 Å². The third-order valence-corrected chi connectivity index (χ3v) is 4.76. The maximum Gasteiger partial charge on any atom is 0.406 e. The Bertz CT molecular complexity index is 659. The molecule has 2 heterocycles. The van der Waals surface area contributed by atoms with Gasteiger partial charge in [0, 0.05) is 45.7 Å². The van der Waals surface area contributed by atoms with Gasteiger partial charge in [0.05, 0.1) is 7.11 Å². The lowest BCUT2D eigenvalue weighted by Crippen LogP contribution is -2.48. The van der Waals surface area contributed by atoms with E-state index in [-0.39, 0.29) is 5.91 Å². The van der Waals surface area contributed by atoms with Crippen molar-refractivity contribution in [2.24, 2.45) is 0 Å². The predicted molar refractivity (Wildman–Crippen MR) is 98.9 cm³/mol. The summed E-state index contributed by atoms with van der Waals surface area (Å²) >= 11 is 0. The number of rotatable bonds is 6. The van der Waals surface area contributed by atoms with Crippen molar-refractivity contribution in [2.45, 2.75) is 19.4 Å². The number of carbonyl (C=O) groups excluding carboxylic acids is 2. The van der Waals surface area contributed by atoms with Gasteiger partial charge in [-0.3, -0.25) is 9.69 Å². The average Bonchev–Trinajstić information content (AvgIpc) is 2.71. The normalized spacial score (nSPS) is 16.7. The maximum atomic E-state index is 12.3. The number of methoxy groups -OCH3 is 1. The van der Waals surface area contributed by atoms with E-state index < -0.39 is 6.09 Å². The van der Waals surface area contributed by atoms with E-state index in [1.807, 2.05) is 17.0 Å². The minimum atomic E-state index is -0.463. The van der Waals surface area contributed by atoms with Crippen LogP contribution in [0.4, 0.5) is 4.79 Å². The van der Waals surface area contributed by atoms with E-state index in [9.17, 15) is 9.59 Å². The first kappa shape index (κ1) is 19.3. The number of benzene rings is 1. The van der Waals surface area contributed by atoms with Gasteiger partial charge in [-0.2, -0.15) is 0 Å². The van der Waals surface area contributed by atoms with Crippen LogP contribution in [0, 0.1) is 0 Å². The summed E-state index contributed by atoms with van der Waals surface area (Å²) in [6, 6.07) is 6.08. The second kappa shape index (κ2) is 9.45. The molecule has 8 nitrogen and oxygen atoms in total. The van der Waals surface area contributed by atoms with Gasteiger partial charge in [-0.15, -0.1) is 0 Å².